The zero-order valence-corrected chi connectivity index (χ0v) is 20.3. The molecule has 186 valence electrons. The fraction of sp³-hybridized carbons (Fsp3) is 0.423. The molecule has 2 aliphatic rings. The van der Waals surface area contributed by atoms with Crippen LogP contribution in [0.25, 0.3) is 11.1 Å². The first-order chi connectivity index (χ1) is 16.5. The summed E-state index contributed by atoms with van der Waals surface area (Å²) in [5, 5.41) is 5.48. The van der Waals surface area contributed by atoms with Crippen LogP contribution >= 0.6 is 0 Å². The van der Waals surface area contributed by atoms with E-state index in [4.69, 9.17) is 9.47 Å². The van der Waals surface area contributed by atoms with E-state index in [0.717, 1.165) is 5.56 Å². The van der Waals surface area contributed by atoms with Crippen molar-refractivity contribution in [1.29, 1.82) is 0 Å². The summed E-state index contributed by atoms with van der Waals surface area (Å²) in [6.07, 6.45) is -0.167. The van der Waals surface area contributed by atoms with Crippen LogP contribution in [0, 0.1) is 5.82 Å². The molecule has 2 aromatic carbocycles. The van der Waals surface area contributed by atoms with Gasteiger partial charge in [0.2, 0.25) is 5.91 Å². The molecule has 9 heteroatoms. The molecule has 2 N–H and O–H groups in total. The zero-order chi connectivity index (χ0) is 25.4. The quantitative estimate of drug-likeness (QED) is 0.632. The van der Waals surface area contributed by atoms with Crippen molar-refractivity contribution in [2.45, 2.75) is 57.8 Å². The summed E-state index contributed by atoms with van der Waals surface area (Å²) in [7, 11) is 0. The fourth-order valence-electron chi connectivity index (χ4n) is 4.10. The van der Waals surface area contributed by atoms with Gasteiger partial charge < -0.3 is 20.1 Å². The number of alkyl carbamates (subject to hydrolysis) is 1. The zero-order valence-electron chi connectivity index (χ0n) is 20.3. The van der Waals surface area contributed by atoms with Gasteiger partial charge in [0.05, 0.1) is 18.6 Å². The summed E-state index contributed by atoms with van der Waals surface area (Å²) in [5.41, 5.74) is 1.18. The van der Waals surface area contributed by atoms with Gasteiger partial charge in [-0.3, -0.25) is 9.69 Å². The summed E-state index contributed by atoms with van der Waals surface area (Å²) in [5.74, 6) is -0.584. The van der Waals surface area contributed by atoms with Crippen molar-refractivity contribution in [2.24, 2.45) is 0 Å². The van der Waals surface area contributed by atoms with Gasteiger partial charge in [-0.05, 0) is 62.9 Å². The Morgan fingerprint density at radius 1 is 1.14 bits per heavy atom. The summed E-state index contributed by atoms with van der Waals surface area (Å²) in [6, 6.07) is 12.1. The molecule has 4 rings (SSSR count). The van der Waals surface area contributed by atoms with Crippen molar-refractivity contribution in [1.82, 2.24) is 10.6 Å². The Morgan fingerprint density at radius 3 is 2.37 bits per heavy atom. The standard InChI is InChI=1S/C26H30FN3O5/c1-16(31)28-14-20-15-30(24(33)34-20)19-8-5-17(6-9-19)18-7-10-21(22(27)13-18)26(11-12-26)29-23(32)35-25(2,3)4/h5-10,13,20H,11-12,14-15H2,1-4H3,(H,28,31)(H,29,32)/t20-/m0/s1. The Hall–Kier alpha value is -3.62. The molecule has 1 atom stereocenters. The predicted octanol–water partition coefficient (Wildman–Crippen LogP) is 4.47. The minimum absolute atomic E-state index is 0.185. The number of carbonyl (C=O) groups is 3. The van der Waals surface area contributed by atoms with E-state index in [1.165, 1.54) is 17.9 Å². The lowest BCUT2D eigenvalue weighted by Gasteiger charge is -2.24. The molecule has 35 heavy (non-hydrogen) atoms. The van der Waals surface area contributed by atoms with Crippen molar-refractivity contribution in [3.05, 3.63) is 53.8 Å². The fourth-order valence-corrected chi connectivity index (χ4v) is 4.10. The molecule has 2 fully saturated rings. The first kappa shape index (κ1) is 24.5. The third kappa shape index (κ3) is 5.72. The number of rotatable bonds is 6. The van der Waals surface area contributed by atoms with E-state index < -0.39 is 35.2 Å². The smallest absolute Gasteiger partial charge is 0.414 e. The van der Waals surface area contributed by atoms with E-state index in [0.29, 0.717) is 36.2 Å². The maximum Gasteiger partial charge on any atom is 0.414 e. The van der Waals surface area contributed by atoms with Crippen LogP contribution in [0.4, 0.5) is 19.7 Å². The van der Waals surface area contributed by atoms with E-state index >= 15 is 4.39 Å². The normalized spacial score (nSPS) is 18.6. The number of nitrogens with zero attached hydrogens (tertiary/aromatic N) is 1. The monoisotopic (exact) mass is 483 g/mol. The van der Waals surface area contributed by atoms with Crippen LogP contribution in [0.1, 0.15) is 46.1 Å². The Bertz CT molecular complexity index is 1140. The van der Waals surface area contributed by atoms with Gasteiger partial charge in [0.15, 0.2) is 0 Å². The highest BCUT2D eigenvalue weighted by atomic mass is 19.1. The predicted molar refractivity (Wildman–Crippen MR) is 128 cm³/mol. The molecule has 0 bridgehead atoms. The molecule has 1 saturated carbocycles. The minimum Gasteiger partial charge on any atom is -0.444 e. The number of benzene rings is 2. The number of nitrogens with one attached hydrogen (secondary N) is 2. The van der Waals surface area contributed by atoms with Crippen LogP contribution in [0.5, 0.6) is 0 Å². The van der Waals surface area contributed by atoms with Crippen LogP contribution in [0.2, 0.25) is 0 Å². The number of cyclic esters (lactones) is 1. The average molecular weight is 484 g/mol. The van der Waals surface area contributed by atoms with E-state index in [1.807, 2.05) is 18.2 Å². The summed E-state index contributed by atoms with van der Waals surface area (Å²) >= 11 is 0. The number of ether oxygens (including phenoxy) is 2. The highest BCUT2D eigenvalue weighted by Crippen LogP contribution is 2.47. The van der Waals surface area contributed by atoms with Gasteiger partial charge in [-0.1, -0.05) is 24.3 Å². The van der Waals surface area contributed by atoms with Gasteiger partial charge >= 0.3 is 12.2 Å². The molecule has 8 nitrogen and oxygen atoms in total. The Morgan fingerprint density at radius 2 is 1.80 bits per heavy atom. The number of hydrogen-bond donors (Lipinski definition) is 2. The van der Waals surface area contributed by atoms with Crippen molar-refractivity contribution in [3.63, 3.8) is 0 Å². The number of carbonyl (C=O) groups excluding carboxylic acids is 3. The van der Waals surface area contributed by atoms with E-state index in [-0.39, 0.29) is 12.5 Å². The third-order valence-corrected chi connectivity index (χ3v) is 5.94. The second-order valence-electron chi connectivity index (χ2n) is 10.0. The lowest BCUT2D eigenvalue weighted by atomic mass is 9.98. The second-order valence-corrected chi connectivity index (χ2v) is 10.0. The van der Waals surface area contributed by atoms with Gasteiger partial charge in [0.1, 0.15) is 17.5 Å². The summed E-state index contributed by atoms with van der Waals surface area (Å²) in [4.78, 5) is 37.0. The molecular formula is C26H30FN3O5. The second kappa shape index (κ2) is 9.20. The van der Waals surface area contributed by atoms with Crippen LogP contribution in [0.15, 0.2) is 42.5 Å². The maximum absolute atomic E-state index is 15.1. The van der Waals surface area contributed by atoms with Crippen molar-refractivity contribution in [3.8, 4) is 11.1 Å². The molecule has 1 aliphatic heterocycles. The molecule has 1 saturated heterocycles. The van der Waals surface area contributed by atoms with Gasteiger partial charge in [-0.2, -0.15) is 0 Å². The number of halogens is 1. The van der Waals surface area contributed by atoms with Crippen LogP contribution in [-0.2, 0) is 19.8 Å². The van der Waals surface area contributed by atoms with Crippen LogP contribution in [0.3, 0.4) is 0 Å². The van der Waals surface area contributed by atoms with Crippen molar-refractivity contribution < 1.29 is 28.2 Å². The molecule has 0 aromatic heterocycles. The van der Waals surface area contributed by atoms with Crippen molar-refractivity contribution in [2.75, 3.05) is 18.0 Å². The Labute approximate surface area is 203 Å². The van der Waals surface area contributed by atoms with Gasteiger partial charge in [-0.25, -0.2) is 14.0 Å². The lowest BCUT2D eigenvalue weighted by Crippen LogP contribution is -2.39. The molecule has 0 radical (unpaired) electrons. The number of anilines is 1. The van der Waals surface area contributed by atoms with Crippen LogP contribution in [-0.4, -0.2) is 42.9 Å². The average Bonchev–Trinajstić information content (AvgIpc) is 3.43. The summed E-state index contributed by atoms with van der Waals surface area (Å²) in [6.45, 7) is 7.33. The maximum atomic E-state index is 15.1. The lowest BCUT2D eigenvalue weighted by molar-refractivity contribution is -0.119. The highest BCUT2D eigenvalue weighted by Gasteiger charge is 2.48. The van der Waals surface area contributed by atoms with Gasteiger partial charge in [-0.15, -0.1) is 0 Å². The number of amides is 3. The molecule has 0 unspecified atom stereocenters. The van der Waals surface area contributed by atoms with E-state index in [9.17, 15) is 14.4 Å². The summed E-state index contributed by atoms with van der Waals surface area (Å²) < 4.78 is 25.7. The third-order valence-electron chi connectivity index (χ3n) is 5.94. The SMILES string of the molecule is CC(=O)NC[C@H]1CN(c2ccc(-c3ccc(C4(NC(=O)OC(C)(C)C)CC4)c(F)c3)cc2)C(=O)O1. The number of hydrogen-bond acceptors (Lipinski definition) is 5. The highest BCUT2D eigenvalue weighted by molar-refractivity contribution is 5.90. The molecule has 1 heterocycles. The molecule has 0 spiro atoms. The molecule has 2 aromatic rings. The van der Waals surface area contributed by atoms with Crippen molar-refractivity contribution >= 4 is 23.8 Å². The first-order valence-corrected chi connectivity index (χ1v) is 11.6. The topological polar surface area (TPSA) is 97.0 Å². The molecule has 1 aliphatic carbocycles. The van der Waals surface area contributed by atoms with E-state index in [2.05, 4.69) is 10.6 Å². The largest absolute Gasteiger partial charge is 0.444 e. The van der Waals surface area contributed by atoms with Gasteiger partial charge in [0, 0.05) is 18.2 Å². The molecular weight excluding hydrogens is 453 g/mol. The minimum atomic E-state index is -0.737. The first-order valence-electron chi connectivity index (χ1n) is 11.6. The Kier molecular flexibility index (Phi) is 6.44. The Balaban J connectivity index is 1.44. The van der Waals surface area contributed by atoms with Gasteiger partial charge in [0.25, 0.3) is 0 Å². The van der Waals surface area contributed by atoms with Crippen LogP contribution < -0.4 is 15.5 Å². The molecule has 3 amide bonds. The van der Waals surface area contributed by atoms with E-state index in [1.54, 1.807) is 39.0 Å².